The predicted molar refractivity (Wildman–Crippen MR) is 74.0 cm³/mol. The van der Waals surface area contributed by atoms with Crippen molar-refractivity contribution in [3.63, 3.8) is 0 Å². The zero-order chi connectivity index (χ0) is 14.3. The molecule has 7 heteroatoms. The third-order valence-corrected chi connectivity index (χ3v) is 2.96. The molecule has 1 aromatic carbocycles. The normalized spacial score (nSPS) is 11.6. The number of hydrogen-bond donors (Lipinski definition) is 1. The molecule has 1 aromatic rings. The molecular weight excluding hydrogens is 314 g/mol. The highest BCUT2D eigenvalue weighted by Gasteiger charge is 2.19. The van der Waals surface area contributed by atoms with Gasteiger partial charge in [-0.2, -0.15) is 5.26 Å². The summed E-state index contributed by atoms with van der Waals surface area (Å²) in [6.07, 6.45) is 0.896. The summed E-state index contributed by atoms with van der Waals surface area (Å²) in [6, 6.07) is 6.14. The molecule has 0 aliphatic carbocycles. The van der Waals surface area contributed by atoms with E-state index < -0.39 is 11.0 Å². The number of para-hydroxylation sites is 1. The van der Waals surface area contributed by atoms with Gasteiger partial charge < -0.3 is 4.74 Å². The first-order valence-electron chi connectivity index (χ1n) is 5.78. The summed E-state index contributed by atoms with van der Waals surface area (Å²) >= 11 is 3.21. The van der Waals surface area contributed by atoms with Crippen LogP contribution in [-0.2, 0) is 0 Å². The van der Waals surface area contributed by atoms with Gasteiger partial charge in [-0.15, -0.1) is 0 Å². The fourth-order valence-electron chi connectivity index (χ4n) is 1.41. The van der Waals surface area contributed by atoms with E-state index in [2.05, 4.69) is 27.3 Å². The highest BCUT2D eigenvalue weighted by molar-refractivity contribution is 9.10. The van der Waals surface area contributed by atoms with Gasteiger partial charge in [-0.3, -0.25) is 15.4 Å². The maximum Gasteiger partial charge on any atom is 0.312 e. The molecule has 0 aromatic heterocycles. The number of nitrogens with one attached hydrogen (secondary N) is 1. The number of hydrogen-bond acceptors (Lipinski definition) is 5. The lowest BCUT2D eigenvalue weighted by Crippen LogP contribution is -2.33. The SMILES string of the molecule is CCCNC(C#N)COc1c(Br)cccc1[N+](=O)[O-]. The van der Waals surface area contributed by atoms with Crippen molar-refractivity contribution in [2.45, 2.75) is 19.4 Å². The van der Waals surface area contributed by atoms with E-state index in [9.17, 15) is 10.1 Å². The van der Waals surface area contributed by atoms with Crippen LogP contribution >= 0.6 is 15.9 Å². The molecule has 0 saturated carbocycles. The van der Waals surface area contributed by atoms with Gasteiger partial charge in [-0.1, -0.05) is 13.0 Å². The molecule has 0 amide bonds. The Balaban J connectivity index is 2.77. The summed E-state index contributed by atoms with van der Waals surface area (Å²) < 4.78 is 5.90. The number of rotatable bonds is 7. The molecule has 1 atom stereocenters. The zero-order valence-corrected chi connectivity index (χ0v) is 12.0. The fourth-order valence-corrected chi connectivity index (χ4v) is 1.88. The van der Waals surface area contributed by atoms with Gasteiger partial charge in [0.1, 0.15) is 12.6 Å². The molecule has 1 unspecified atom stereocenters. The van der Waals surface area contributed by atoms with Crippen molar-refractivity contribution < 1.29 is 9.66 Å². The first-order valence-corrected chi connectivity index (χ1v) is 6.58. The lowest BCUT2D eigenvalue weighted by atomic mass is 10.3. The van der Waals surface area contributed by atoms with E-state index in [-0.39, 0.29) is 18.0 Å². The molecule has 0 saturated heterocycles. The molecule has 102 valence electrons. The topological polar surface area (TPSA) is 88.2 Å². The van der Waals surface area contributed by atoms with Gasteiger partial charge in [0.25, 0.3) is 0 Å². The second-order valence-electron chi connectivity index (χ2n) is 3.79. The van der Waals surface area contributed by atoms with Crippen LogP contribution in [0.5, 0.6) is 5.75 Å². The van der Waals surface area contributed by atoms with Crippen LogP contribution in [-0.4, -0.2) is 24.1 Å². The first-order chi connectivity index (χ1) is 9.10. The van der Waals surface area contributed by atoms with Crippen molar-refractivity contribution in [1.82, 2.24) is 5.32 Å². The zero-order valence-electron chi connectivity index (χ0n) is 10.4. The molecule has 19 heavy (non-hydrogen) atoms. The summed E-state index contributed by atoms with van der Waals surface area (Å²) in [7, 11) is 0. The largest absolute Gasteiger partial charge is 0.483 e. The number of nitriles is 1. The molecule has 0 aliphatic heterocycles. The van der Waals surface area contributed by atoms with E-state index in [0.29, 0.717) is 11.0 Å². The highest BCUT2D eigenvalue weighted by atomic mass is 79.9. The molecule has 1 N–H and O–H groups in total. The monoisotopic (exact) mass is 327 g/mol. The Morgan fingerprint density at radius 1 is 1.63 bits per heavy atom. The van der Waals surface area contributed by atoms with Crippen LogP contribution in [0.3, 0.4) is 0 Å². The van der Waals surface area contributed by atoms with Crippen LogP contribution in [0.25, 0.3) is 0 Å². The highest BCUT2D eigenvalue weighted by Crippen LogP contribution is 2.34. The molecule has 0 spiro atoms. The Hall–Kier alpha value is -1.65. The van der Waals surface area contributed by atoms with Crippen LogP contribution in [0, 0.1) is 21.4 Å². The first kappa shape index (κ1) is 15.4. The van der Waals surface area contributed by atoms with Crippen molar-refractivity contribution in [2.75, 3.05) is 13.2 Å². The Kier molecular flexibility index (Phi) is 6.25. The maximum atomic E-state index is 10.9. The minimum atomic E-state index is -0.513. The molecule has 0 bridgehead atoms. The molecule has 0 heterocycles. The molecule has 0 radical (unpaired) electrons. The lowest BCUT2D eigenvalue weighted by molar-refractivity contribution is -0.386. The summed E-state index contributed by atoms with van der Waals surface area (Å²) in [5.74, 6) is 0.144. The standard InChI is InChI=1S/C12H14BrN3O3/c1-2-6-15-9(7-14)8-19-12-10(13)4-3-5-11(12)16(17)18/h3-5,9,15H,2,6,8H2,1H3. The van der Waals surface area contributed by atoms with Crippen LogP contribution in [0.1, 0.15) is 13.3 Å². The number of nitro groups is 1. The van der Waals surface area contributed by atoms with E-state index >= 15 is 0 Å². The number of nitro benzene ring substituents is 1. The summed E-state index contributed by atoms with van der Waals surface area (Å²) in [5.41, 5.74) is -0.124. The number of benzene rings is 1. The second kappa shape index (κ2) is 7.71. The van der Waals surface area contributed by atoms with E-state index in [4.69, 9.17) is 10.00 Å². The summed E-state index contributed by atoms with van der Waals surface area (Å²) in [5, 5.41) is 22.8. The predicted octanol–water partition coefficient (Wildman–Crippen LogP) is 2.63. The van der Waals surface area contributed by atoms with Crippen LogP contribution in [0.4, 0.5) is 5.69 Å². The minimum Gasteiger partial charge on any atom is -0.483 e. The number of ether oxygens (including phenoxy) is 1. The van der Waals surface area contributed by atoms with Crippen molar-refractivity contribution >= 4 is 21.6 Å². The van der Waals surface area contributed by atoms with E-state index in [1.54, 1.807) is 12.1 Å². The maximum absolute atomic E-state index is 10.9. The van der Waals surface area contributed by atoms with Gasteiger partial charge in [-0.25, -0.2) is 0 Å². The molecule has 1 rings (SSSR count). The molecular formula is C12H14BrN3O3. The van der Waals surface area contributed by atoms with Gasteiger partial charge in [0, 0.05) is 6.07 Å². The van der Waals surface area contributed by atoms with Gasteiger partial charge in [-0.05, 0) is 35.0 Å². The minimum absolute atomic E-state index is 0.0555. The fraction of sp³-hybridized carbons (Fsp3) is 0.417. The Labute approximate surface area is 119 Å². The number of nitrogens with zero attached hydrogens (tertiary/aromatic N) is 2. The van der Waals surface area contributed by atoms with Crippen LogP contribution < -0.4 is 10.1 Å². The quantitative estimate of drug-likeness (QED) is 0.614. The van der Waals surface area contributed by atoms with Gasteiger partial charge in [0.2, 0.25) is 5.75 Å². The third kappa shape index (κ3) is 4.50. The number of halogens is 1. The average Bonchev–Trinajstić information content (AvgIpc) is 2.40. The van der Waals surface area contributed by atoms with E-state index in [1.807, 2.05) is 6.92 Å². The molecule has 0 fully saturated rings. The van der Waals surface area contributed by atoms with Crippen molar-refractivity contribution in [2.24, 2.45) is 0 Å². The van der Waals surface area contributed by atoms with Crippen molar-refractivity contribution in [3.05, 3.63) is 32.8 Å². The van der Waals surface area contributed by atoms with Gasteiger partial charge >= 0.3 is 5.69 Å². The van der Waals surface area contributed by atoms with E-state index in [1.165, 1.54) is 6.07 Å². The van der Waals surface area contributed by atoms with Crippen LogP contribution in [0.15, 0.2) is 22.7 Å². The smallest absolute Gasteiger partial charge is 0.312 e. The third-order valence-electron chi connectivity index (χ3n) is 2.33. The summed E-state index contributed by atoms with van der Waals surface area (Å²) in [4.78, 5) is 10.4. The Morgan fingerprint density at radius 2 is 2.37 bits per heavy atom. The van der Waals surface area contributed by atoms with Crippen molar-refractivity contribution in [3.8, 4) is 11.8 Å². The summed E-state index contributed by atoms with van der Waals surface area (Å²) in [6.45, 7) is 2.74. The van der Waals surface area contributed by atoms with E-state index in [0.717, 1.165) is 6.42 Å². The molecule has 0 aliphatic rings. The Morgan fingerprint density at radius 3 is 2.95 bits per heavy atom. The lowest BCUT2D eigenvalue weighted by Gasteiger charge is -2.13. The second-order valence-corrected chi connectivity index (χ2v) is 4.65. The van der Waals surface area contributed by atoms with Gasteiger partial charge in [0.05, 0.1) is 15.5 Å². The average molecular weight is 328 g/mol. The van der Waals surface area contributed by atoms with Crippen molar-refractivity contribution in [1.29, 1.82) is 5.26 Å². The van der Waals surface area contributed by atoms with Crippen LogP contribution in [0.2, 0.25) is 0 Å². The molecule has 6 nitrogen and oxygen atoms in total. The van der Waals surface area contributed by atoms with Gasteiger partial charge in [0.15, 0.2) is 0 Å². The Bertz CT molecular complexity index is 488.